The van der Waals surface area contributed by atoms with E-state index in [4.69, 9.17) is 14.2 Å². The maximum atomic E-state index is 12.4. The molecule has 142 valence electrons. The van der Waals surface area contributed by atoms with E-state index in [9.17, 15) is 9.59 Å². The fourth-order valence-corrected chi connectivity index (χ4v) is 3.16. The fourth-order valence-electron chi connectivity index (χ4n) is 3.16. The first-order valence-electron chi connectivity index (χ1n) is 9.00. The van der Waals surface area contributed by atoms with Crippen LogP contribution in [0.25, 0.3) is 0 Å². The second kappa shape index (κ2) is 6.49. The molecule has 0 aliphatic carbocycles. The van der Waals surface area contributed by atoms with Gasteiger partial charge in [-0.15, -0.1) is 0 Å². The molecule has 6 nitrogen and oxygen atoms in total. The molecule has 0 radical (unpaired) electrons. The summed E-state index contributed by atoms with van der Waals surface area (Å²) in [7, 11) is 0. The molecule has 1 amide bonds. The number of esters is 1. The van der Waals surface area contributed by atoms with Crippen LogP contribution in [0.5, 0.6) is 5.75 Å². The number of piperidine rings is 1. The molecule has 0 aromatic heterocycles. The number of cyclic esters (lactones) is 1. The first-order valence-corrected chi connectivity index (χ1v) is 9.00. The van der Waals surface area contributed by atoms with Crippen molar-refractivity contribution >= 4 is 12.1 Å². The van der Waals surface area contributed by atoms with Gasteiger partial charge in [0, 0.05) is 17.5 Å². The predicted octanol–water partition coefficient (Wildman–Crippen LogP) is 3.77. The second-order valence-electron chi connectivity index (χ2n) is 8.67. The van der Waals surface area contributed by atoms with Crippen LogP contribution in [0.4, 0.5) is 4.79 Å². The van der Waals surface area contributed by atoms with Crippen LogP contribution in [-0.4, -0.2) is 41.8 Å². The molecule has 26 heavy (non-hydrogen) atoms. The highest BCUT2D eigenvalue weighted by Gasteiger charge is 2.40. The zero-order valence-corrected chi connectivity index (χ0v) is 16.1. The predicted molar refractivity (Wildman–Crippen MR) is 96.2 cm³/mol. The van der Waals surface area contributed by atoms with Gasteiger partial charge in [0.25, 0.3) is 0 Å². The van der Waals surface area contributed by atoms with E-state index in [0.29, 0.717) is 24.4 Å². The number of benzene rings is 1. The molecule has 6 heteroatoms. The maximum Gasteiger partial charge on any atom is 0.410 e. The summed E-state index contributed by atoms with van der Waals surface area (Å²) in [4.78, 5) is 25.7. The third-order valence-electron chi connectivity index (χ3n) is 4.87. The molecule has 2 heterocycles. The van der Waals surface area contributed by atoms with Crippen LogP contribution in [0, 0.1) is 5.41 Å². The normalized spacial score (nSPS) is 21.8. The summed E-state index contributed by atoms with van der Waals surface area (Å²) in [6.45, 7) is 11.3. The van der Waals surface area contributed by atoms with Gasteiger partial charge in [-0.3, -0.25) is 0 Å². The van der Waals surface area contributed by atoms with Crippen molar-refractivity contribution in [2.24, 2.45) is 5.41 Å². The lowest BCUT2D eigenvalue weighted by molar-refractivity contribution is -0.0281. The first kappa shape index (κ1) is 18.5. The molecule has 1 atom stereocenters. The van der Waals surface area contributed by atoms with E-state index in [1.54, 1.807) is 17.0 Å². The van der Waals surface area contributed by atoms with Gasteiger partial charge in [-0.25, -0.2) is 9.59 Å². The summed E-state index contributed by atoms with van der Waals surface area (Å²) in [6.07, 6.45) is 0.345. The molecule has 2 aliphatic heterocycles. The van der Waals surface area contributed by atoms with Gasteiger partial charge < -0.3 is 19.1 Å². The largest absolute Gasteiger partial charge is 0.488 e. The third-order valence-corrected chi connectivity index (χ3v) is 4.87. The van der Waals surface area contributed by atoms with Crippen molar-refractivity contribution in [1.29, 1.82) is 0 Å². The average molecular weight is 361 g/mol. The molecule has 1 fully saturated rings. The van der Waals surface area contributed by atoms with E-state index in [-0.39, 0.29) is 30.2 Å². The van der Waals surface area contributed by atoms with Gasteiger partial charge in [0.05, 0.1) is 12.1 Å². The summed E-state index contributed by atoms with van der Waals surface area (Å²) >= 11 is 0. The first-order chi connectivity index (χ1) is 12.0. The van der Waals surface area contributed by atoms with E-state index in [0.717, 1.165) is 12.0 Å². The topological polar surface area (TPSA) is 65.1 Å². The Balaban J connectivity index is 1.72. The Kier molecular flexibility index (Phi) is 4.63. The Labute approximate surface area is 154 Å². The molecular weight excluding hydrogens is 334 g/mol. The summed E-state index contributed by atoms with van der Waals surface area (Å²) < 4.78 is 16.8. The Bertz CT molecular complexity index is 719. The van der Waals surface area contributed by atoms with Crippen LogP contribution in [0.2, 0.25) is 0 Å². The Morgan fingerprint density at radius 2 is 2.04 bits per heavy atom. The lowest BCUT2D eigenvalue weighted by atomic mass is 9.80. The van der Waals surface area contributed by atoms with Crippen molar-refractivity contribution in [3.63, 3.8) is 0 Å². The van der Waals surface area contributed by atoms with Crippen molar-refractivity contribution in [2.75, 3.05) is 13.1 Å². The van der Waals surface area contributed by atoms with Gasteiger partial charge in [-0.05, 0) is 45.4 Å². The quantitative estimate of drug-likeness (QED) is 0.750. The lowest BCUT2D eigenvalue weighted by Crippen LogP contribution is -2.53. The van der Waals surface area contributed by atoms with Gasteiger partial charge >= 0.3 is 12.1 Å². The molecular formula is C20H27NO5. The third kappa shape index (κ3) is 3.94. The van der Waals surface area contributed by atoms with E-state index in [2.05, 4.69) is 13.8 Å². The molecule has 0 spiro atoms. The van der Waals surface area contributed by atoms with Crippen molar-refractivity contribution in [1.82, 2.24) is 4.90 Å². The van der Waals surface area contributed by atoms with Gasteiger partial charge in [-0.1, -0.05) is 13.8 Å². The minimum Gasteiger partial charge on any atom is -0.488 e. The van der Waals surface area contributed by atoms with Crippen LogP contribution in [0.3, 0.4) is 0 Å². The molecule has 0 saturated carbocycles. The van der Waals surface area contributed by atoms with E-state index in [1.807, 2.05) is 26.8 Å². The fraction of sp³-hybridized carbons (Fsp3) is 0.600. The van der Waals surface area contributed by atoms with Crippen LogP contribution >= 0.6 is 0 Å². The molecule has 0 N–H and O–H groups in total. The van der Waals surface area contributed by atoms with Crippen LogP contribution in [-0.2, 0) is 16.1 Å². The number of hydrogen-bond donors (Lipinski definition) is 0. The number of nitrogens with zero attached hydrogens (tertiary/aromatic N) is 1. The number of rotatable bonds is 2. The lowest BCUT2D eigenvalue weighted by Gasteiger charge is -2.43. The highest BCUT2D eigenvalue weighted by molar-refractivity contribution is 5.93. The van der Waals surface area contributed by atoms with Gasteiger partial charge in [0.1, 0.15) is 24.1 Å². The second-order valence-corrected chi connectivity index (χ2v) is 8.67. The maximum absolute atomic E-state index is 12.4. The average Bonchev–Trinajstić information content (AvgIpc) is 2.88. The summed E-state index contributed by atoms with van der Waals surface area (Å²) in [5.41, 5.74) is 0.831. The molecule has 3 rings (SSSR count). The Morgan fingerprint density at radius 1 is 1.31 bits per heavy atom. The van der Waals surface area contributed by atoms with Crippen LogP contribution < -0.4 is 4.74 Å². The van der Waals surface area contributed by atoms with E-state index in [1.165, 1.54) is 0 Å². The molecule has 2 aliphatic rings. The standard InChI is InChI=1S/C20H27NO5/c1-19(2,3)26-18(23)21-9-8-20(4,5)16(11-21)25-14-6-7-15-13(10-14)12-24-17(15)22/h6-7,10,16H,8-9,11-12H2,1-5H3. The van der Waals surface area contributed by atoms with Gasteiger partial charge in [0.15, 0.2) is 0 Å². The minimum atomic E-state index is -0.521. The molecule has 1 unspecified atom stereocenters. The number of carbonyl (C=O) groups is 2. The monoisotopic (exact) mass is 361 g/mol. The SMILES string of the molecule is CC(C)(C)OC(=O)N1CCC(C)(C)C(Oc2ccc3c(c2)COC3=O)C1. The Morgan fingerprint density at radius 3 is 2.73 bits per heavy atom. The zero-order chi connectivity index (χ0) is 19.1. The summed E-state index contributed by atoms with van der Waals surface area (Å²) in [5.74, 6) is 0.395. The zero-order valence-electron chi connectivity index (χ0n) is 16.1. The summed E-state index contributed by atoms with van der Waals surface area (Å²) in [5, 5.41) is 0. The number of carbonyl (C=O) groups excluding carboxylic acids is 2. The van der Waals surface area contributed by atoms with E-state index < -0.39 is 5.60 Å². The molecule has 1 aromatic carbocycles. The Hall–Kier alpha value is -2.24. The van der Waals surface area contributed by atoms with Gasteiger partial charge in [0.2, 0.25) is 0 Å². The highest BCUT2D eigenvalue weighted by atomic mass is 16.6. The number of fused-ring (bicyclic) bond motifs is 1. The number of hydrogen-bond acceptors (Lipinski definition) is 5. The molecule has 1 aromatic rings. The number of amides is 1. The van der Waals surface area contributed by atoms with Crippen molar-refractivity contribution in [2.45, 2.75) is 59.4 Å². The number of likely N-dealkylation sites (tertiary alicyclic amines) is 1. The van der Waals surface area contributed by atoms with Crippen molar-refractivity contribution in [3.8, 4) is 5.75 Å². The van der Waals surface area contributed by atoms with Crippen molar-refractivity contribution in [3.05, 3.63) is 29.3 Å². The highest BCUT2D eigenvalue weighted by Crippen LogP contribution is 2.35. The van der Waals surface area contributed by atoms with Crippen LogP contribution in [0.15, 0.2) is 18.2 Å². The van der Waals surface area contributed by atoms with Crippen LogP contribution in [0.1, 0.15) is 57.0 Å². The van der Waals surface area contributed by atoms with Crippen molar-refractivity contribution < 1.29 is 23.8 Å². The molecule has 1 saturated heterocycles. The van der Waals surface area contributed by atoms with E-state index >= 15 is 0 Å². The summed E-state index contributed by atoms with van der Waals surface area (Å²) in [6, 6.07) is 5.37. The molecule has 0 bridgehead atoms. The smallest absolute Gasteiger partial charge is 0.410 e. The van der Waals surface area contributed by atoms with Gasteiger partial charge in [-0.2, -0.15) is 0 Å². The minimum absolute atomic E-state index is 0.0795. The number of ether oxygens (including phenoxy) is 3.